The molecule has 0 N–H and O–H groups in total. The van der Waals surface area contributed by atoms with Crippen molar-refractivity contribution in [1.82, 2.24) is 0 Å². The first kappa shape index (κ1) is 34.0. The molecular weight excluding hydrogens is 739 g/mol. The van der Waals surface area contributed by atoms with Gasteiger partial charge in [0.05, 0.1) is 5.41 Å². The Hall–Kier alpha value is -7.94. The summed E-state index contributed by atoms with van der Waals surface area (Å²) in [6.45, 7) is 0. The molecule has 61 heavy (non-hydrogen) atoms. The molecule has 2 heteroatoms. The topological polar surface area (TPSA) is 12.5 Å². The van der Waals surface area contributed by atoms with E-state index in [2.05, 4.69) is 223 Å². The number of ether oxygens (including phenoxy) is 1. The lowest BCUT2D eigenvalue weighted by atomic mass is 9.65. The first-order valence-electron chi connectivity index (χ1n) is 21.1. The van der Waals surface area contributed by atoms with Crippen LogP contribution in [0.15, 0.2) is 224 Å². The second-order valence-electron chi connectivity index (χ2n) is 16.4. The molecule has 284 valence electrons. The Labute approximate surface area is 355 Å². The summed E-state index contributed by atoms with van der Waals surface area (Å²) < 4.78 is 6.59. The molecule has 13 rings (SSSR count). The lowest BCUT2D eigenvalue weighted by Gasteiger charge is -2.36. The molecule has 0 fully saturated rings. The molecule has 1 aliphatic heterocycles. The fourth-order valence-electron chi connectivity index (χ4n) is 10.7. The zero-order chi connectivity index (χ0) is 40.1. The van der Waals surface area contributed by atoms with Crippen LogP contribution >= 0.6 is 0 Å². The SMILES string of the molecule is c1ccc(N(c2ccc3c(c2)-c2ccccc2Oc2ccccc2-3)c2ccc3c(c2)-c2ccccc2-c2ccccc2C32c3ccccc3-c3cc4ccccc4cc32)cc1. The second-order valence-corrected chi connectivity index (χ2v) is 16.4. The number of fused-ring (bicyclic) bond motifs is 18. The Balaban J connectivity index is 1.11. The highest BCUT2D eigenvalue weighted by atomic mass is 16.5. The molecule has 0 radical (unpaired) electrons. The van der Waals surface area contributed by atoms with Crippen LogP contribution in [-0.4, -0.2) is 0 Å². The second kappa shape index (κ2) is 13.0. The Bertz CT molecular complexity index is 3420. The fraction of sp³-hybridized carbons (Fsp3) is 0.0169. The minimum absolute atomic E-state index is 0.571. The highest BCUT2D eigenvalue weighted by Crippen LogP contribution is 2.62. The van der Waals surface area contributed by atoms with Gasteiger partial charge in [-0.05, 0) is 138 Å². The van der Waals surface area contributed by atoms with E-state index in [4.69, 9.17) is 4.74 Å². The minimum Gasteiger partial charge on any atom is -0.456 e. The summed E-state index contributed by atoms with van der Waals surface area (Å²) in [5.41, 5.74) is 19.9. The third-order valence-electron chi connectivity index (χ3n) is 13.3. The molecule has 0 saturated carbocycles. The monoisotopic (exact) mass is 775 g/mol. The quantitative estimate of drug-likeness (QED) is 0.177. The molecule has 3 aliphatic rings. The third kappa shape index (κ3) is 4.85. The highest BCUT2D eigenvalue weighted by Gasteiger charge is 2.50. The smallest absolute Gasteiger partial charge is 0.135 e. The van der Waals surface area contributed by atoms with E-state index in [9.17, 15) is 0 Å². The van der Waals surface area contributed by atoms with Crippen LogP contribution in [0.25, 0.3) is 66.4 Å². The number of nitrogens with zero attached hydrogens (tertiary/aromatic N) is 1. The van der Waals surface area contributed by atoms with Crippen molar-refractivity contribution in [3.63, 3.8) is 0 Å². The van der Waals surface area contributed by atoms with Crippen molar-refractivity contribution in [2.75, 3.05) is 4.90 Å². The van der Waals surface area contributed by atoms with Gasteiger partial charge in [-0.1, -0.05) is 164 Å². The van der Waals surface area contributed by atoms with Gasteiger partial charge < -0.3 is 9.64 Å². The van der Waals surface area contributed by atoms with Gasteiger partial charge in [-0.2, -0.15) is 0 Å². The zero-order valence-electron chi connectivity index (χ0n) is 33.2. The standard InChI is InChI=1S/C59H37NO/c1-2-18-40(19-3-1)60(41-30-32-45-48-24-10-14-28-57(48)61-58-29-15-11-25-49(58)50(45)36-41)42-31-33-55-52(37-42)44-21-7-6-20-43(44)46-22-8-12-26-53(46)59(55)54-27-13-9-23-47(54)51-34-38-16-4-5-17-39(38)35-56(51)59/h1-37H. The van der Waals surface area contributed by atoms with Gasteiger partial charge in [-0.15, -0.1) is 0 Å². The van der Waals surface area contributed by atoms with E-state index in [0.717, 1.165) is 50.8 Å². The molecule has 1 heterocycles. The van der Waals surface area contributed by atoms with Gasteiger partial charge in [-0.25, -0.2) is 0 Å². The van der Waals surface area contributed by atoms with Crippen molar-refractivity contribution in [3.8, 4) is 67.1 Å². The Kier molecular flexibility index (Phi) is 7.26. The molecule has 0 amide bonds. The molecule has 2 aliphatic carbocycles. The first-order chi connectivity index (χ1) is 30.3. The molecule has 1 atom stereocenters. The van der Waals surface area contributed by atoms with Crippen LogP contribution in [0.1, 0.15) is 22.3 Å². The van der Waals surface area contributed by atoms with Crippen LogP contribution in [0.2, 0.25) is 0 Å². The molecule has 0 aromatic heterocycles. The predicted octanol–water partition coefficient (Wildman–Crippen LogP) is 15.8. The van der Waals surface area contributed by atoms with Crippen molar-refractivity contribution in [2.45, 2.75) is 5.41 Å². The maximum atomic E-state index is 6.59. The molecule has 10 aromatic rings. The molecular formula is C59H37NO. The van der Waals surface area contributed by atoms with Crippen LogP contribution in [0, 0.1) is 0 Å². The lowest BCUT2D eigenvalue weighted by molar-refractivity contribution is 0.488. The number of para-hydroxylation sites is 3. The average Bonchev–Trinajstić information content (AvgIpc) is 3.44. The number of anilines is 3. The van der Waals surface area contributed by atoms with Crippen LogP contribution in [0.4, 0.5) is 17.1 Å². The molecule has 1 unspecified atom stereocenters. The fourth-order valence-corrected chi connectivity index (χ4v) is 10.7. The summed E-state index contributed by atoms with van der Waals surface area (Å²) in [4.78, 5) is 2.41. The van der Waals surface area contributed by atoms with E-state index < -0.39 is 5.41 Å². The van der Waals surface area contributed by atoms with E-state index in [1.807, 2.05) is 6.07 Å². The van der Waals surface area contributed by atoms with Crippen molar-refractivity contribution in [1.29, 1.82) is 0 Å². The van der Waals surface area contributed by atoms with Crippen LogP contribution < -0.4 is 9.64 Å². The highest BCUT2D eigenvalue weighted by molar-refractivity contribution is 6.02. The first-order valence-corrected chi connectivity index (χ1v) is 21.1. The lowest BCUT2D eigenvalue weighted by Crippen LogP contribution is -2.29. The minimum atomic E-state index is -0.571. The van der Waals surface area contributed by atoms with E-state index >= 15 is 0 Å². The predicted molar refractivity (Wildman–Crippen MR) is 251 cm³/mol. The van der Waals surface area contributed by atoms with E-state index in [1.54, 1.807) is 0 Å². The number of rotatable bonds is 3. The van der Waals surface area contributed by atoms with Gasteiger partial charge in [0.2, 0.25) is 0 Å². The van der Waals surface area contributed by atoms with Crippen LogP contribution in [0.5, 0.6) is 11.5 Å². The number of benzene rings is 10. The molecule has 2 nitrogen and oxygen atoms in total. The van der Waals surface area contributed by atoms with Gasteiger partial charge in [0.15, 0.2) is 0 Å². The zero-order valence-corrected chi connectivity index (χ0v) is 33.2. The summed E-state index contributed by atoms with van der Waals surface area (Å²) in [6.07, 6.45) is 0. The summed E-state index contributed by atoms with van der Waals surface area (Å²) in [6, 6.07) is 82.6. The normalized spacial score (nSPS) is 14.8. The largest absolute Gasteiger partial charge is 0.456 e. The number of hydrogen-bond donors (Lipinski definition) is 0. The average molecular weight is 776 g/mol. The van der Waals surface area contributed by atoms with Gasteiger partial charge in [0.1, 0.15) is 11.5 Å². The molecule has 0 bridgehead atoms. The van der Waals surface area contributed by atoms with Gasteiger partial charge >= 0.3 is 0 Å². The van der Waals surface area contributed by atoms with Crippen molar-refractivity contribution in [2.24, 2.45) is 0 Å². The molecule has 10 aromatic carbocycles. The Morgan fingerprint density at radius 1 is 0.262 bits per heavy atom. The summed E-state index contributed by atoms with van der Waals surface area (Å²) in [7, 11) is 0. The van der Waals surface area contributed by atoms with E-state index in [0.29, 0.717) is 0 Å². The van der Waals surface area contributed by atoms with Crippen molar-refractivity contribution in [3.05, 3.63) is 247 Å². The summed E-state index contributed by atoms with van der Waals surface area (Å²) >= 11 is 0. The van der Waals surface area contributed by atoms with Gasteiger partial charge in [0.25, 0.3) is 0 Å². The number of hydrogen-bond acceptors (Lipinski definition) is 2. The molecule has 1 spiro atoms. The van der Waals surface area contributed by atoms with Crippen LogP contribution in [0.3, 0.4) is 0 Å². The van der Waals surface area contributed by atoms with E-state index in [1.165, 1.54) is 66.4 Å². The van der Waals surface area contributed by atoms with Gasteiger partial charge in [0, 0.05) is 28.2 Å². The van der Waals surface area contributed by atoms with E-state index in [-0.39, 0.29) is 0 Å². The third-order valence-corrected chi connectivity index (χ3v) is 13.3. The molecule has 0 saturated heterocycles. The summed E-state index contributed by atoms with van der Waals surface area (Å²) in [5, 5.41) is 2.50. The Morgan fingerprint density at radius 3 is 1.39 bits per heavy atom. The summed E-state index contributed by atoms with van der Waals surface area (Å²) in [5.74, 6) is 1.72. The van der Waals surface area contributed by atoms with Crippen LogP contribution in [-0.2, 0) is 5.41 Å². The Morgan fingerprint density at radius 2 is 0.705 bits per heavy atom. The van der Waals surface area contributed by atoms with Gasteiger partial charge in [-0.3, -0.25) is 0 Å². The van der Waals surface area contributed by atoms with Crippen molar-refractivity contribution < 1.29 is 4.74 Å². The maximum Gasteiger partial charge on any atom is 0.135 e. The van der Waals surface area contributed by atoms with Crippen molar-refractivity contribution >= 4 is 27.8 Å². The maximum absolute atomic E-state index is 6.59.